The molecule has 112 valence electrons. The van der Waals surface area contributed by atoms with Gasteiger partial charge in [-0.25, -0.2) is 0 Å². The molecule has 0 amide bonds. The third-order valence-corrected chi connectivity index (χ3v) is 4.38. The van der Waals surface area contributed by atoms with Crippen molar-refractivity contribution in [1.29, 1.82) is 0 Å². The summed E-state index contributed by atoms with van der Waals surface area (Å²) in [6.45, 7) is 15.5. The van der Waals surface area contributed by atoms with Crippen LogP contribution in [0.4, 0.5) is 0 Å². The van der Waals surface area contributed by atoms with E-state index in [2.05, 4.69) is 44.8 Å². The molecule has 1 heterocycles. The zero-order chi connectivity index (χ0) is 14.1. The molecule has 0 bridgehead atoms. The maximum Gasteiger partial charge on any atom is 0.0760 e. The van der Waals surface area contributed by atoms with E-state index >= 15 is 0 Å². The first-order valence-corrected chi connectivity index (χ1v) is 7.97. The lowest BCUT2D eigenvalue weighted by Crippen LogP contribution is -2.58. The smallest absolute Gasteiger partial charge is 0.0760 e. The standard InChI is InChI=1S/C16H32N2O/c1-6-17-14-9-7-8-13(14)10-18-11-15(2,3)19-16(4,5)12-18/h13-14,17H,6-12H2,1-5H3. The second-order valence-electron chi connectivity index (χ2n) is 7.65. The fourth-order valence-electron chi connectivity index (χ4n) is 4.19. The second-order valence-corrected chi connectivity index (χ2v) is 7.65. The van der Waals surface area contributed by atoms with Crippen LogP contribution in [0.5, 0.6) is 0 Å². The van der Waals surface area contributed by atoms with Crippen molar-refractivity contribution in [2.75, 3.05) is 26.2 Å². The molecule has 0 aromatic carbocycles. The molecule has 1 saturated carbocycles. The molecule has 2 fully saturated rings. The van der Waals surface area contributed by atoms with Crippen LogP contribution in [0.3, 0.4) is 0 Å². The summed E-state index contributed by atoms with van der Waals surface area (Å²) in [6, 6.07) is 0.735. The van der Waals surface area contributed by atoms with E-state index < -0.39 is 0 Å². The minimum absolute atomic E-state index is 0.0198. The van der Waals surface area contributed by atoms with E-state index in [0.29, 0.717) is 0 Å². The van der Waals surface area contributed by atoms with Gasteiger partial charge in [-0.2, -0.15) is 0 Å². The first-order valence-electron chi connectivity index (χ1n) is 7.97. The van der Waals surface area contributed by atoms with Gasteiger partial charge in [0, 0.05) is 25.7 Å². The molecule has 1 aliphatic carbocycles. The normalized spacial score (nSPS) is 34.6. The Morgan fingerprint density at radius 2 is 1.74 bits per heavy atom. The monoisotopic (exact) mass is 268 g/mol. The van der Waals surface area contributed by atoms with Gasteiger partial charge in [-0.3, -0.25) is 4.90 Å². The molecule has 0 aromatic heterocycles. The summed E-state index contributed by atoms with van der Waals surface area (Å²) in [5, 5.41) is 3.67. The highest BCUT2D eigenvalue weighted by atomic mass is 16.5. The summed E-state index contributed by atoms with van der Waals surface area (Å²) in [5.74, 6) is 0.824. The van der Waals surface area contributed by atoms with Crippen LogP contribution in [0, 0.1) is 5.92 Å². The molecule has 2 unspecified atom stereocenters. The van der Waals surface area contributed by atoms with Gasteiger partial charge in [0.25, 0.3) is 0 Å². The summed E-state index contributed by atoms with van der Waals surface area (Å²) in [4.78, 5) is 2.63. The van der Waals surface area contributed by atoms with E-state index in [1.54, 1.807) is 0 Å². The van der Waals surface area contributed by atoms with Crippen molar-refractivity contribution in [3.05, 3.63) is 0 Å². The quantitative estimate of drug-likeness (QED) is 0.848. The first kappa shape index (κ1) is 15.3. The number of hydrogen-bond donors (Lipinski definition) is 1. The predicted octanol–water partition coefficient (Wildman–Crippen LogP) is 2.65. The van der Waals surface area contributed by atoms with Gasteiger partial charge in [0.05, 0.1) is 11.2 Å². The second kappa shape index (κ2) is 5.71. The highest BCUT2D eigenvalue weighted by Crippen LogP contribution is 2.32. The number of rotatable bonds is 4. The van der Waals surface area contributed by atoms with Gasteiger partial charge >= 0.3 is 0 Å². The molecule has 3 nitrogen and oxygen atoms in total. The number of ether oxygens (including phenoxy) is 1. The van der Waals surface area contributed by atoms with Crippen molar-refractivity contribution < 1.29 is 4.74 Å². The van der Waals surface area contributed by atoms with Crippen LogP contribution in [-0.2, 0) is 4.74 Å². The summed E-state index contributed by atoms with van der Waals surface area (Å²) in [7, 11) is 0. The van der Waals surface area contributed by atoms with Crippen molar-refractivity contribution in [3.8, 4) is 0 Å². The summed E-state index contributed by atoms with van der Waals surface area (Å²) < 4.78 is 6.17. The Hall–Kier alpha value is -0.120. The molecular formula is C16H32N2O. The molecule has 2 aliphatic rings. The highest BCUT2D eigenvalue weighted by Gasteiger charge is 2.39. The minimum Gasteiger partial charge on any atom is -0.367 e. The van der Waals surface area contributed by atoms with Gasteiger partial charge in [0.2, 0.25) is 0 Å². The lowest BCUT2D eigenvalue weighted by molar-refractivity contribution is -0.182. The van der Waals surface area contributed by atoms with E-state index in [1.807, 2.05) is 0 Å². The molecule has 3 heteroatoms. The third kappa shape index (κ3) is 4.17. The van der Waals surface area contributed by atoms with Crippen molar-refractivity contribution in [1.82, 2.24) is 10.2 Å². The SMILES string of the molecule is CCNC1CCCC1CN1CC(C)(C)OC(C)(C)C1. The molecule has 0 spiro atoms. The number of morpholine rings is 1. The lowest BCUT2D eigenvalue weighted by Gasteiger charge is -2.48. The number of hydrogen-bond acceptors (Lipinski definition) is 3. The molecule has 2 atom stereocenters. The molecule has 19 heavy (non-hydrogen) atoms. The number of nitrogens with zero attached hydrogens (tertiary/aromatic N) is 1. The van der Waals surface area contributed by atoms with Crippen LogP contribution in [0.25, 0.3) is 0 Å². The summed E-state index contributed by atoms with van der Waals surface area (Å²) in [6.07, 6.45) is 4.13. The van der Waals surface area contributed by atoms with Gasteiger partial charge in [0.15, 0.2) is 0 Å². The molecule has 1 aliphatic heterocycles. The zero-order valence-electron chi connectivity index (χ0n) is 13.5. The number of nitrogens with one attached hydrogen (secondary N) is 1. The van der Waals surface area contributed by atoms with E-state index in [9.17, 15) is 0 Å². The Morgan fingerprint density at radius 3 is 2.32 bits per heavy atom. The van der Waals surface area contributed by atoms with E-state index in [0.717, 1.165) is 31.6 Å². The Labute approximate surface area is 119 Å². The molecule has 2 rings (SSSR count). The van der Waals surface area contributed by atoms with Gasteiger partial charge in [-0.15, -0.1) is 0 Å². The van der Waals surface area contributed by atoms with Crippen molar-refractivity contribution >= 4 is 0 Å². The Bertz CT molecular complexity index is 285. The van der Waals surface area contributed by atoms with Crippen LogP contribution in [0.2, 0.25) is 0 Å². The first-order chi connectivity index (χ1) is 8.81. The van der Waals surface area contributed by atoms with Crippen LogP contribution >= 0.6 is 0 Å². The topological polar surface area (TPSA) is 24.5 Å². The van der Waals surface area contributed by atoms with Crippen LogP contribution < -0.4 is 5.32 Å². The highest BCUT2D eigenvalue weighted by molar-refractivity contribution is 4.92. The van der Waals surface area contributed by atoms with Gasteiger partial charge in [-0.1, -0.05) is 13.3 Å². The fraction of sp³-hybridized carbons (Fsp3) is 1.00. The lowest BCUT2D eigenvalue weighted by atomic mass is 9.96. The minimum atomic E-state index is -0.0198. The Kier molecular flexibility index (Phi) is 4.59. The van der Waals surface area contributed by atoms with E-state index in [-0.39, 0.29) is 11.2 Å². The largest absolute Gasteiger partial charge is 0.367 e. The van der Waals surface area contributed by atoms with E-state index in [4.69, 9.17) is 4.74 Å². The van der Waals surface area contributed by atoms with Crippen LogP contribution in [0.1, 0.15) is 53.9 Å². The average Bonchev–Trinajstić information content (AvgIpc) is 2.61. The van der Waals surface area contributed by atoms with Crippen LogP contribution in [0.15, 0.2) is 0 Å². The van der Waals surface area contributed by atoms with Gasteiger partial charge in [0.1, 0.15) is 0 Å². The predicted molar refractivity (Wildman–Crippen MR) is 80.5 cm³/mol. The molecule has 1 N–H and O–H groups in total. The maximum absolute atomic E-state index is 6.17. The van der Waals surface area contributed by atoms with Gasteiger partial charge in [-0.05, 0) is 53.0 Å². The molecule has 0 radical (unpaired) electrons. The van der Waals surface area contributed by atoms with E-state index in [1.165, 1.54) is 25.8 Å². The Morgan fingerprint density at radius 1 is 1.11 bits per heavy atom. The molecular weight excluding hydrogens is 236 g/mol. The average molecular weight is 268 g/mol. The van der Waals surface area contributed by atoms with Crippen molar-refractivity contribution in [3.63, 3.8) is 0 Å². The zero-order valence-corrected chi connectivity index (χ0v) is 13.5. The molecule has 1 saturated heterocycles. The summed E-state index contributed by atoms with van der Waals surface area (Å²) >= 11 is 0. The fourth-order valence-corrected chi connectivity index (χ4v) is 4.19. The van der Waals surface area contributed by atoms with Crippen LogP contribution in [-0.4, -0.2) is 48.3 Å². The van der Waals surface area contributed by atoms with Gasteiger partial charge < -0.3 is 10.1 Å². The maximum atomic E-state index is 6.17. The molecule has 0 aromatic rings. The summed E-state index contributed by atoms with van der Waals surface area (Å²) in [5.41, 5.74) is -0.0396. The van der Waals surface area contributed by atoms with Crippen molar-refractivity contribution in [2.45, 2.75) is 71.1 Å². The van der Waals surface area contributed by atoms with Crippen molar-refractivity contribution in [2.24, 2.45) is 5.92 Å². The Balaban J connectivity index is 1.94. The third-order valence-electron chi connectivity index (χ3n) is 4.38.